The zero-order valence-corrected chi connectivity index (χ0v) is 7.37. The molecule has 2 heteroatoms. The lowest BCUT2D eigenvalue weighted by Crippen LogP contribution is -2.25. The molecule has 0 amide bonds. The number of benzene rings is 1. The second-order valence-electron chi connectivity index (χ2n) is 3.49. The van der Waals surface area contributed by atoms with Gasteiger partial charge in [-0.2, -0.15) is 5.26 Å². The molecule has 0 saturated heterocycles. The Morgan fingerprint density at radius 1 is 1.46 bits per heavy atom. The first-order valence-corrected chi connectivity index (χ1v) is 4.21. The van der Waals surface area contributed by atoms with Crippen LogP contribution in [0.2, 0.25) is 0 Å². The normalized spacial score (nSPS) is 25.4. The van der Waals surface area contributed by atoms with Crippen LogP contribution in [0.15, 0.2) is 24.3 Å². The molecule has 1 aromatic carbocycles. The molecule has 0 aromatic heterocycles. The van der Waals surface area contributed by atoms with E-state index in [1.54, 1.807) is 6.92 Å². The van der Waals surface area contributed by atoms with Crippen molar-refractivity contribution in [3.63, 3.8) is 0 Å². The van der Waals surface area contributed by atoms with Crippen molar-refractivity contribution in [1.29, 1.82) is 5.26 Å². The standard InChI is InChI=1S/C11H9NO/c1-11(7-12)9-5-3-2-4-8(9)6-10(11)13/h2-5H,6H2,1H3. The van der Waals surface area contributed by atoms with E-state index in [2.05, 4.69) is 6.07 Å². The maximum Gasteiger partial charge on any atom is 0.161 e. The Labute approximate surface area is 76.8 Å². The Bertz CT molecular complexity index is 416. The summed E-state index contributed by atoms with van der Waals surface area (Å²) in [6, 6.07) is 9.64. The summed E-state index contributed by atoms with van der Waals surface area (Å²) in [4.78, 5) is 11.6. The second-order valence-corrected chi connectivity index (χ2v) is 3.49. The number of fused-ring (bicyclic) bond motifs is 1. The molecule has 0 aliphatic heterocycles. The predicted molar refractivity (Wildman–Crippen MR) is 48.1 cm³/mol. The van der Waals surface area contributed by atoms with Gasteiger partial charge < -0.3 is 0 Å². The van der Waals surface area contributed by atoms with E-state index >= 15 is 0 Å². The van der Waals surface area contributed by atoms with E-state index in [9.17, 15) is 4.79 Å². The third-order valence-corrected chi connectivity index (χ3v) is 2.69. The van der Waals surface area contributed by atoms with Crippen molar-refractivity contribution in [2.45, 2.75) is 18.8 Å². The smallest absolute Gasteiger partial charge is 0.161 e. The van der Waals surface area contributed by atoms with Gasteiger partial charge in [0.15, 0.2) is 5.78 Å². The lowest BCUT2D eigenvalue weighted by Gasteiger charge is -2.12. The van der Waals surface area contributed by atoms with Crippen molar-refractivity contribution in [3.8, 4) is 6.07 Å². The molecule has 0 bridgehead atoms. The Hall–Kier alpha value is -1.62. The van der Waals surface area contributed by atoms with Gasteiger partial charge in [-0.3, -0.25) is 4.79 Å². The quantitative estimate of drug-likeness (QED) is 0.594. The number of Topliss-reactive ketones (excluding diaryl/α,β-unsaturated/α-hetero) is 1. The van der Waals surface area contributed by atoms with Gasteiger partial charge in [0, 0.05) is 6.42 Å². The molecule has 0 N–H and O–H groups in total. The van der Waals surface area contributed by atoms with Gasteiger partial charge in [0.2, 0.25) is 0 Å². The highest BCUT2D eigenvalue weighted by molar-refractivity contribution is 5.98. The number of nitrogens with zero attached hydrogens (tertiary/aromatic N) is 1. The number of carbonyl (C=O) groups is 1. The fraction of sp³-hybridized carbons (Fsp3) is 0.273. The van der Waals surface area contributed by atoms with Crippen molar-refractivity contribution in [2.75, 3.05) is 0 Å². The molecule has 1 aliphatic rings. The molecule has 2 rings (SSSR count). The summed E-state index contributed by atoms with van der Waals surface area (Å²) in [6.45, 7) is 1.70. The van der Waals surface area contributed by atoms with Gasteiger partial charge >= 0.3 is 0 Å². The van der Waals surface area contributed by atoms with Gasteiger partial charge in [0.05, 0.1) is 6.07 Å². The largest absolute Gasteiger partial charge is 0.297 e. The molecule has 0 spiro atoms. The Balaban J connectivity index is 2.67. The average molecular weight is 171 g/mol. The first-order chi connectivity index (χ1) is 6.18. The lowest BCUT2D eigenvalue weighted by atomic mass is 9.85. The summed E-state index contributed by atoms with van der Waals surface area (Å²) >= 11 is 0. The molecule has 0 radical (unpaired) electrons. The topological polar surface area (TPSA) is 40.9 Å². The molecule has 1 atom stereocenters. The number of rotatable bonds is 0. The van der Waals surface area contributed by atoms with Crippen LogP contribution in [-0.2, 0) is 16.6 Å². The number of nitriles is 1. The van der Waals surface area contributed by atoms with Gasteiger partial charge in [0.25, 0.3) is 0 Å². The molecule has 1 aromatic rings. The molecular weight excluding hydrogens is 162 g/mol. The van der Waals surface area contributed by atoms with Crippen molar-refractivity contribution in [2.24, 2.45) is 0 Å². The molecule has 1 aliphatic carbocycles. The molecule has 0 fully saturated rings. The minimum absolute atomic E-state index is 0.0104. The number of ketones is 1. The van der Waals surface area contributed by atoms with Crippen LogP contribution in [0.4, 0.5) is 0 Å². The molecule has 2 nitrogen and oxygen atoms in total. The SMILES string of the molecule is CC1(C#N)C(=O)Cc2ccccc21. The van der Waals surface area contributed by atoms with E-state index in [1.807, 2.05) is 24.3 Å². The molecule has 0 saturated carbocycles. The zero-order valence-electron chi connectivity index (χ0n) is 7.37. The molecular formula is C11H9NO. The van der Waals surface area contributed by atoms with Crippen LogP contribution in [-0.4, -0.2) is 5.78 Å². The van der Waals surface area contributed by atoms with Crippen molar-refractivity contribution >= 4 is 5.78 Å². The van der Waals surface area contributed by atoms with E-state index in [4.69, 9.17) is 5.26 Å². The summed E-state index contributed by atoms with van der Waals surface area (Å²) in [5.41, 5.74) is 0.968. The van der Waals surface area contributed by atoms with Crippen molar-refractivity contribution in [3.05, 3.63) is 35.4 Å². The first kappa shape index (κ1) is 8.00. The third-order valence-electron chi connectivity index (χ3n) is 2.69. The maximum atomic E-state index is 11.6. The summed E-state index contributed by atoms with van der Waals surface area (Å²) in [7, 11) is 0. The van der Waals surface area contributed by atoms with Gasteiger partial charge in [-0.25, -0.2) is 0 Å². The van der Waals surface area contributed by atoms with Crippen LogP contribution in [0.25, 0.3) is 0 Å². The summed E-state index contributed by atoms with van der Waals surface area (Å²) in [5, 5.41) is 8.97. The number of hydrogen-bond donors (Lipinski definition) is 0. The Kier molecular flexibility index (Phi) is 1.50. The van der Waals surface area contributed by atoms with Crippen LogP contribution in [0.5, 0.6) is 0 Å². The lowest BCUT2D eigenvalue weighted by molar-refractivity contribution is -0.120. The Morgan fingerprint density at radius 2 is 2.15 bits per heavy atom. The monoisotopic (exact) mass is 171 g/mol. The molecule has 13 heavy (non-hydrogen) atoms. The fourth-order valence-corrected chi connectivity index (χ4v) is 1.78. The van der Waals surface area contributed by atoms with E-state index in [0.29, 0.717) is 6.42 Å². The minimum atomic E-state index is -0.906. The molecule has 1 unspecified atom stereocenters. The average Bonchev–Trinajstić information content (AvgIpc) is 2.41. The predicted octanol–water partition coefficient (Wildman–Crippen LogP) is 1.59. The van der Waals surface area contributed by atoms with Crippen LogP contribution >= 0.6 is 0 Å². The Morgan fingerprint density at radius 3 is 2.85 bits per heavy atom. The maximum absolute atomic E-state index is 11.6. The number of hydrogen-bond acceptors (Lipinski definition) is 2. The number of carbonyl (C=O) groups excluding carboxylic acids is 1. The van der Waals surface area contributed by atoms with Crippen molar-refractivity contribution < 1.29 is 4.79 Å². The minimum Gasteiger partial charge on any atom is -0.297 e. The first-order valence-electron chi connectivity index (χ1n) is 4.21. The van der Waals surface area contributed by atoms with Gasteiger partial charge in [-0.05, 0) is 18.1 Å². The van der Waals surface area contributed by atoms with Crippen LogP contribution < -0.4 is 0 Å². The van der Waals surface area contributed by atoms with Crippen LogP contribution in [0.3, 0.4) is 0 Å². The zero-order chi connectivity index (χ0) is 9.47. The van der Waals surface area contributed by atoms with Crippen LogP contribution in [0, 0.1) is 11.3 Å². The van der Waals surface area contributed by atoms with E-state index in [-0.39, 0.29) is 5.78 Å². The highest BCUT2D eigenvalue weighted by atomic mass is 16.1. The molecule has 64 valence electrons. The summed E-state index contributed by atoms with van der Waals surface area (Å²) < 4.78 is 0. The highest BCUT2D eigenvalue weighted by Gasteiger charge is 2.42. The van der Waals surface area contributed by atoms with Gasteiger partial charge in [0.1, 0.15) is 5.41 Å². The van der Waals surface area contributed by atoms with E-state index < -0.39 is 5.41 Å². The summed E-state index contributed by atoms with van der Waals surface area (Å²) in [6.07, 6.45) is 0.403. The van der Waals surface area contributed by atoms with E-state index in [0.717, 1.165) is 11.1 Å². The van der Waals surface area contributed by atoms with E-state index in [1.165, 1.54) is 0 Å². The summed E-state index contributed by atoms with van der Waals surface area (Å²) in [5.74, 6) is 0.0104. The van der Waals surface area contributed by atoms with Crippen LogP contribution in [0.1, 0.15) is 18.1 Å². The fourth-order valence-electron chi connectivity index (χ4n) is 1.78. The van der Waals surface area contributed by atoms with Gasteiger partial charge in [-0.1, -0.05) is 24.3 Å². The van der Waals surface area contributed by atoms with Gasteiger partial charge in [-0.15, -0.1) is 0 Å². The third kappa shape index (κ3) is 0.905. The van der Waals surface area contributed by atoms with Crippen molar-refractivity contribution in [1.82, 2.24) is 0 Å². The second kappa shape index (κ2) is 2.43. The highest BCUT2D eigenvalue weighted by Crippen LogP contribution is 2.34. The molecule has 0 heterocycles.